The second-order valence-electron chi connectivity index (χ2n) is 8.62. The van der Waals surface area contributed by atoms with E-state index >= 15 is 0 Å². The maximum Gasteiger partial charge on any atom is 0.290 e. The summed E-state index contributed by atoms with van der Waals surface area (Å²) in [5.74, 6) is -2.99. The van der Waals surface area contributed by atoms with Gasteiger partial charge in [-0.25, -0.2) is 22.2 Å². The number of nitrogens with one attached hydrogen (secondary N) is 1. The Hall–Kier alpha value is -3.34. The quantitative estimate of drug-likeness (QED) is 0.470. The monoisotopic (exact) mass is 504 g/mol. The molecule has 35 heavy (non-hydrogen) atoms. The minimum absolute atomic E-state index is 0.0330. The first-order chi connectivity index (χ1) is 16.5. The van der Waals surface area contributed by atoms with Gasteiger partial charge >= 0.3 is 0 Å². The SMILES string of the molecule is CS(=O)(=O)c1ccccc1Nc1cc(Cc2ccc3c(n2)C(F)(F)CC3)nc2c1N=C(C(F)F)C2. The zero-order valence-electron chi connectivity index (χ0n) is 18.5. The van der Waals surface area contributed by atoms with E-state index < -0.39 is 22.2 Å². The summed E-state index contributed by atoms with van der Waals surface area (Å²) < 4.78 is 79.6. The van der Waals surface area contributed by atoms with Crippen LogP contribution in [0.25, 0.3) is 0 Å². The van der Waals surface area contributed by atoms with E-state index in [2.05, 4.69) is 20.3 Å². The van der Waals surface area contributed by atoms with Crippen molar-refractivity contribution < 1.29 is 26.0 Å². The van der Waals surface area contributed by atoms with Crippen LogP contribution in [0.1, 0.15) is 34.8 Å². The maximum absolute atomic E-state index is 14.2. The number of para-hydroxylation sites is 1. The molecule has 3 aromatic rings. The number of nitrogens with zero attached hydrogens (tertiary/aromatic N) is 3. The molecule has 1 N–H and O–H groups in total. The second kappa shape index (κ2) is 8.40. The zero-order valence-corrected chi connectivity index (χ0v) is 19.3. The number of hydrogen-bond acceptors (Lipinski definition) is 6. The van der Waals surface area contributed by atoms with Crippen molar-refractivity contribution in [2.24, 2.45) is 4.99 Å². The molecule has 182 valence electrons. The number of rotatable bonds is 6. The lowest BCUT2D eigenvalue weighted by Crippen LogP contribution is -2.12. The fourth-order valence-electron chi connectivity index (χ4n) is 4.34. The average molecular weight is 505 g/mol. The van der Waals surface area contributed by atoms with E-state index in [0.29, 0.717) is 28.3 Å². The van der Waals surface area contributed by atoms with Gasteiger partial charge in [0.1, 0.15) is 11.4 Å². The van der Waals surface area contributed by atoms with Crippen LogP contribution < -0.4 is 5.32 Å². The third-order valence-electron chi connectivity index (χ3n) is 5.98. The van der Waals surface area contributed by atoms with E-state index in [0.717, 1.165) is 6.26 Å². The average Bonchev–Trinajstić information content (AvgIpc) is 3.35. The van der Waals surface area contributed by atoms with E-state index in [1.165, 1.54) is 6.07 Å². The van der Waals surface area contributed by atoms with Gasteiger partial charge < -0.3 is 5.32 Å². The van der Waals surface area contributed by atoms with Crippen LogP contribution in [-0.2, 0) is 35.0 Å². The molecule has 2 aromatic heterocycles. The Bertz CT molecular complexity index is 1470. The summed E-state index contributed by atoms with van der Waals surface area (Å²) in [7, 11) is -3.58. The summed E-state index contributed by atoms with van der Waals surface area (Å²) in [5.41, 5.74) is 1.74. The molecule has 0 radical (unpaired) electrons. The maximum atomic E-state index is 14.2. The smallest absolute Gasteiger partial charge is 0.290 e. The van der Waals surface area contributed by atoms with Crippen LogP contribution in [0.5, 0.6) is 0 Å². The van der Waals surface area contributed by atoms with Gasteiger partial charge in [0, 0.05) is 36.9 Å². The molecule has 11 heteroatoms. The van der Waals surface area contributed by atoms with Crippen LogP contribution in [0.3, 0.4) is 0 Å². The highest BCUT2D eigenvalue weighted by atomic mass is 32.2. The predicted molar refractivity (Wildman–Crippen MR) is 123 cm³/mol. The van der Waals surface area contributed by atoms with Crippen molar-refractivity contribution in [3.63, 3.8) is 0 Å². The van der Waals surface area contributed by atoms with E-state index in [9.17, 15) is 26.0 Å². The van der Waals surface area contributed by atoms with Gasteiger partial charge in [-0.05, 0) is 36.2 Å². The largest absolute Gasteiger partial charge is 0.353 e. The third-order valence-corrected chi connectivity index (χ3v) is 7.14. The molecule has 0 amide bonds. The molecule has 2 aliphatic rings. The first-order valence-corrected chi connectivity index (χ1v) is 12.7. The normalized spacial score (nSPS) is 16.2. The number of aryl methyl sites for hydroxylation is 1. The van der Waals surface area contributed by atoms with Crippen molar-refractivity contribution in [2.45, 2.75) is 42.9 Å². The lowest BCUT2D eigenvalue weighted by molar-refractivity contribution is -0.00607. The van der Waals surface area contributed by atoms with Gasteiger partial charge in [-0.15, -0.1) is 0 Å². The number of fused-ring (bicyclic) bond motifs is 2. The lowest BCUT2D eigenvalue weighted by Gasteiger charge is -2.15. The molecule has 3 heterocycles. The minimum Gasteiger partial charge on any atom is -0.353 e. The Morgan fingerprint density at radius 2 is 1.83 bits per heavy atom. The van der Waals surface area contributed by atoms with E-state index in [-0.39, 0.29) is 53.4 Å². The van der Waals surface area contributed by atoms with Crippen molar-refractivity contribution in [3.8, 4) is 0 Å². The summed E-state index contributed by atoms with van der Waals surface area (Å²) in [6.45, 7) is 0. The highest BCUT2D eigenvalue weighted by Crippen LogP contribution is 2.41. The Morgan fingerprint density at radius 3 is 2.57 bits per heavy atom. The van der Waals surface area contributed by atoms with Gasteiger partial charge in [-0.2, -0.15) is 8.78 Å². The fourth-order valence-corrected chi connectivity index (χ4v) is 5.19. The summed E-state index contributed by atoms with van der Waals surface area (Å²) in [4.78, 5) is 12.7. The highest BCUT2D eigenvalue weighted by molar-refractivity contribution is 7.90. The molecule has 0 bridgehead atoms. The van der Waals surface area contributed by atoms with Crippen LogP contribution >= 0.6 is 0 Å². The van der Waals surface area contributed by atoms with Crippen LogP contribution in [0.4, 0.5) is 34.6 Å². The number of halogens is 4. The first kappa shape index (κ1) is 23.4. The number of sulfone groups is 1. The molecule has 0 atom stereocenters. The van der Waals surface area contributed by atoms with Gasteiger partial charge in [-0.3, -0.25) is 9.97 Å². The molecular formula is C24H20F4N4O2S. The van der Waals surface area contributed by atoms with Crippen molar-refractivity contribution >= 4 is 32.6 Å². The Labute approximate surface area is 199 Å². The van der Waals surface area contributed by atoms with Crippen molar-refractivity contribution in [1.29, 1.82) is 0 Å². The number of aromatic nitrogens is 2. The predicted octanol–water partition coefficient (Wildman–Crippen LogP) is 5.15. The van der Waals surface area contributed by atoms with Crippen LogP contribution in [0, 0.1) is 0 Å². The summed E-state index contributed by atoms with van der Waals surface area (Å²) >= 11 is 0. The Morgan fingerprint density at radius 1 is 1.06 bits per heavy atom. The van der Waals surface area contributed by atoms with Crippen LogP contribution in [-0.4, -0.2) is 36.8 Å². The van der Waals surface area contributed by atoms with Crippen molar-refractivity contribution in [2.75, 3.05) is 11.6 Å². The summed E-state index contributed by atoms with van der Waals surface area (Å²) in [5, 5.41) is 3.01. The van der Waals surface area contributed by atoms with Crippen molar-refractivity contribution in [1.82, 2.24) is 9.97 Å². The Balaban J connectivity index is 1.55. The molecule has 1 aliphatic carbocycles. The molecule has 5 rings (SSSR count). The standard InChI is InChI=1S/C24H20F4N4O2S/c1-35(33,34)20-5-3-2-4-16(20)31-17-11-15(29-18-12-19(23(25)26)32-21(17)18)10-14-7-6-13-8-9-24(27,28)22(13)30-14/h2-7,11,23H,8-10,12H2,1H3,(H,29,31). The molecule has 0 fully saturated rings. The molecule has 0 unspecified atom stereocenters. The lowest BCUT2D eigenvalue weighted by atomic mass is 10.1. The number of anilines is 2. The second-order valence-corrected chi connectivity index (χ2v) is 10.6. The number of benzene rings is 1. The van der Waals surface area contributed by atoms with Gasteiger partial charge in [-0.1, -0.05) is 18.2 Å². The highest BCUT2D eigenvalue weighted by Gasteiger charge is 2.40. The van der Waals surface area contributed by atoms with Crippen LogP contribution in [0.15, 0.2) is 52.4 Å². The van der Waals surface area contributed by atoms with Gasteiger partial charge in [0.2, 0.25) is 0 Å². The molecular weight excluding hydrogens is 484 g/mol. The molecule has 6 nitrogen and oxygen atoms in total. The molecule has 0 saturated carbocycles. The minimum atomic E-state index is -3.58. The number of alkyl halides is 4. The number of pyridine rings is 2. The number of aliphatic imine (C=N–C) groups is 1. The van der Waals surface area contributed by atoms with Gasteiger partial charge in [0.25, 0.3) is 12.3 Å². The summed E-state index contributed by atoms with van der Waals surface area (Å²) in [6, 6.07) is 11.0. The van der Waals surface area contributed by atoms with Crippen LogP contribution in [0.2, 0.25) is 0 Å². The van der Waals surface area contributed by atoms with Gasteiger partial charge in [0.15, 0.2) is 9.84 Å². The molecule has 0 saturated heterocycles. The fraction of sp³-hybridized carbons (Fsp3) is 0.292. The van der Waals surface area contributed by atoms with Crippen molar-refractivity contribution in [3.05, 3.63) is 70.8 Å². The van der Waals surface area contributed by atoms with Gasteiger partial charge in [0.05, 0.1) is 27.7 Å². The third kappa shape index (κ3) is 4.52. The van der Waals surface area contributed by atoms with E-state index in [1.807, 2.05) is 0 Å². The molecule has 0 spiro atoms. The van der Waals surface area contributed by atoms with E-state index in [4.69, 9.17) is 0 Å². The summed E-state index contributed by atoms with van der Waals surface area (Å²) in [6.07, 6.45) is -1.81. The Kier molecular flexibility index (Phi) is 5.62. The first-order valence-electron chi connectivity index (χ1n) is 10.8. The number of hydrogen-bond donors (Lipinski definition) is 1. The van der Waals surface area contributed by atoms with E-state index in [1.54, 1.807) is 36.4 Å². The molecule has 1 aliphatic heterocycles. The zero-order chi connectivity index (χ0) is 25.0. The topological polar surface area (TPSA) is 84.3 Å². The molecule has 1 aromatic carbocycles.